The van der Waals surface area contributed by atoms with Gasteiger partial charge in [-0.15, -0.1) is 4.99 Å². The van der Waals surface area contributed by atoms with E-state index in [1.807, 2.05) is 66.6 Å². The van der Waals surface area contributed by atoms with E-state index in [4.69, 9.17) is 21.3 Å². The molecule has 1 fully saturated rings. The van der Waals surface area contributed by atoms with Crippen LogP contribution in [0.4, 0.5) is 5.82 Å². The fourth-order valence-electron chi connectivity index (χ4n) is 5.18. The first-order valence-electron chi connectivity index (χ1n) is 13.1. The van der Waals surface area contributed by atoms with Crippen LogP contribution in [0.1, 0.15) is 19.5 Å². The lowest BCUT2D eigenvalue weighted by atomic mass is 9.91. The smallest absolute Gasteiger partial charge is 0.226 e. The summed E-state index contributed by atoms with van der Waals surface area (Å²) in [6, 6.07) is 13.9. The molecule has 1 aromatic carbocycles. The van der Waals surface area contributed by atoms with Gasteiger partial charge in [0, 0.05) is 37.3 Å². The Morgan fingerprint density at radius 3 is 2.54 bits per heavy atom. The minimum Gasteiger partial charge on any atom is -0.378 e. The number of hydrogen-bond acceptors (Lipinski definition) is 8. The van der Waals surface area contributed by atoms with E-state index in [0.717, 1.165) is 52.0 Å². The van der Waals surface area contributed by atoms with Crippen molar-refractivity contribution in [3.63, 3.8) is 0 Å². The second-order valence-electron chi connectivity index (χ2n) is 10.4. The number of nitriles is 2. The number of aromatic nitrogens is 5. The summed E-state index contributed by atoms with van der Waals surface area (Å²) in [7, 11) is 1.85. The molecule has 10 nitrogen and oxygen atoms in total. The molecule has 0 amide bonds. The highest BCUT2D eigenvalue weighted by Gasteiger charge is 2.23. The van der Waals surface area contributed by atoms with Crippen molar-refractivity contribution in [1.82, 2.24) is 24.1 Å². The molecule has 5 heterocycles. The van der Waals surface area contributed by atoms with Crippen LogP contribution in [0, 0.1) is 22.8 Å². The molecule has 0 bridgehead atoms. The molecule has 4 aromatic heterocycles. The standard InChI is InChI=1S/C30H26ClN9O/c1-30(2,17-32)25-7-5-20(15-36-25)40-27-22-14-19(4-6-23(22)35-16-24(27)38(3)29(40)37-18-33)21-8-9-34-28(26(21)31)39-10-12-41-13-11-39/h4-9,14-16H,10-13H2,1-3H3. The first kappa shape index (κ1) is 26.5. The van der Waals surface area contributed by atoms with Crippen LogP contribution in [0.15, 0.2) is 60.0 Å². The quantitative estimate of drug-likeness (QED) is 0.292. The van der Waals surface area contributed by atoms with Crippen molar-refractivity contribution in [2.75, 3.05) is 31.2 Å². The lowest BCUT2D eigenvalue weighted by Gasteiger charge is -2.29. The average Bonchev–Trinajstić information content (AvgIpc) is 3.29. The van der Waals surface area contributed by atoms with Crippen molar-refractivity contribution in [3.8, 4) is 29.1 Å². The molecule has 0 saturated carbocycles. The molecular weight excluding hydrogens is 538 g/mol. The molecule has 0 atom stereocenters. The van der Waals surface area contributed by atoms with Crippen molar-refractivity contribution in [2.24, 2.45) is 12.0 Å². The maximum atomic E-state index is 9.56. The van der Waals surface area contributed by atoms with E-state index in [0.29, 0.717) is 35.2 Å². The van der Waals surface area contributed by atoms with Gasteiger partial charge in [-0.3, -0.25) is 14.5 Å². The molecule has 1 aliphatic heterocycles. The largest absolute Gasteiger partial charge is 0.378 e. The number of nitrogens with zero attached hydrogens (tertiary/aromatic N) is 9. The van der Waals surface area contributed by atoms with Gasteiger partial charge in [-0.25, -0.2) is 4.98 Å². The van der Waals surface area contributed by atoms with Gasteiger partial charge in [-0.05, 0) is 49.7 Å². The number of pyridine rings is 3. The van der Waals surface area contributed by atoms with Gasteiger partial charge in [0.2, 0.25) is 11.8 Å². The Hall–Kier alpha value is -4.77. The summed E-state index contributed by atoms with van der Waals surface area (Å²) in [6.07, 6.45) is 7.19. The molecule has 41 heavy (non-hydrogen) atoms. The number of aryl methyl sites for hydroxylation is 1. The second kappa shape index (κ2) is 10.3. The molecule has 0 radical (unpaired) electrons. The number of halogens is 1. The molecular formula is C30H26ClN9O. The Bertz CT molecular complexity index is 1950. The molecule has 1 saturated heterocycles. The lowest BCUT2D eigenvalue weighted by Crippen LogP contribution is -2.37. The molecule has 0 aliphatic carbocycles. The van der Waals surface area contributed by atoms with Crippen molar-refractivity contribution >= 4 is 39.4 Å². The van der Waals surface area contributed by atoms with Gasteiger partial charge in [0.1, 0.15) is 5.82 Å². The van der Waals surface area contributed by atoms with E-state index in [2.05, 4.69) is 32.0 Å². The number of anilines is 1. The fourth-order valence-corrected chi connectivity index (χ4v) is 5.53. The molecule has 1 aliphatic rings. The molecule has 0 N–H and O–H groups in total. The van der Waals surface area contributed by atoms with Crippen molar-refractivity contribution in [3.05, 3.63) is 71.3 Å². The van der Waals surface area contributed by atoms with Crippen LogP contribution in [0.5, 0.6) is 0 Å². The van der Waals surface area contributed by atoms with Gasteiger partial charge in [0.25, 0.3) is 0 Å². The number of fused-ring (bicyclic) bond motifs is 3. The second-order valence-corrected chi connectivity index (χ2v) is 10.7. The monoisotopic (exact) mass is 563 g/mol. The Labute approximate surface area is 241 Å². The van der Waals surface area contributed by atoms with Gasteiger partial charge in [-0.1, -0.05) is 17.7 Å². The van der Waals surface area contributed by atoms with Crippen molar-refractivity contribution in [1.29, 1.82) is 10.5 Å². The summed E-state index contributed by atoms with van der Waals surface area (Å²) in [5.74, 6) is 0.736. The number of morpholine rings is 1. The minimum atomic E-state index is -0.739. The highest BCUT2D eigenvalue weighted by Crippen LogP contribution is 2.37. The maximum Gasteiger partial charge on any atom is 0.226 e. The average molecular weight is 564 g/mol. The normalized spacial score (nSPS) is 14.4. The molecule has 11 heteroatoms. The summed E-state index contributed by atoms with van der Waals surface area (Å²) in [5, 5.41) is 20.6. The van der Waals surface area contributed by atoms with Crippen LogP contribution in [-0.2, 0) is 17.2 Å². The summed E-state index contributed by atoms with van der Waals surface area (Å²) < 4.78 is 9.23. The summed E-state index contributed by atoms with van der Waals surface area (Å²) in [6.45, 7) is 6.38. The third-order valence-electron chi connectivity index (χ3n) is 7.47. The highest BCUT2D eigenvalue weighted by molar-refractivity contribution is 6.35. The van der Waals surface area contributed by atoms with Gasteiger partial charge in [0.05, 0.1) is 70.0 Å². The summed E-state index contributed by atoms with van der Waals surface area (Å²) in [4.78, 5) is 20.2. The van der Waals surface area contributed by atoms with Gasteiger partial charge >= 0.3 is 0 Å². The minimum absolute atomic E-state index is 0.424. The third kappa shape index (κ3) is 4.48. The summed E-state index contributed by atoms with van der Waals surface area (Å²) in [5.41, 5.74) is 5.20. The van der Waals surface area contributed by atoms with E-state index in [1.54, 1.807) is 18.6 Å². The number of ether oxygens (including phenoxy) is 1. The Morgan fingerprint density at radius 2 is 1.83 bits per heavy atom. The number of benzene rings is 1. The van der Waals surface area contributed by atoms with Gasteiger partial charge < -0.3 is 14.2 Å². The van der Waals surface area contributed by atoms with Crippen LogP contribution in [0.2, 0.25) is 5.02 Å². The van der Waals surface area contributed by atoms with E-state index >= 15 is 0 Å². The summed E-state index contributed by atoms with van der Waals surface area (Å²) >= 11 is 6.96. The molecule has 0 unspecified atom stereocenters. The molecule has 0 spiro atoms. The van der Waals surface area contributed by atoms with Gasteiger partial charge in [0.15, 0.2) is 0 Å². The van der Waals surface area contributed by atoms with Crippen LogP contribution >= 0.6 is 11.6 Å². The zero-order chi connectivity index (χ0) is 28.7. The first-order chi connectivity index (χ1) is 19.8. The third-order valence-corrected chi connectivity index (χ3v) is 7.85. The van der Waals surface area contributed by atoms with E-state index in [-0.39, 0.29) is 0 Å². The fraction of sp³-hybridized carbons (Fsp3) is 0.267. The van der Waals surface area contributed by atoms with Gasteiger partial charge in [-0.2, -0.15) is 10.5 Å². The van der Waals surface area contributed by atoms with Crippen LogP contribution < -0.4 is 10.5 Å². The van der Waals surface area contributed by atoms with Crippen LogP contribution in [0.3, 0.4) is 0 Å². The highest BCUT2D eigenvalue weighted by atomic mass is 35.5. The predicted molar refractivity (Wildman–Crippen MR) is 156 cm³/mol. The zero-order valence-corrected chi connectivity index (χ0v) is 23.6. The van der Waals surface area contributed by atoms with Crippen LogP contribution in [-0.4, -0.2) is 50.4 Å². The van der Waals surface area contributed by atoms with E-state index in [9.17, 15) is 10.5 Å². The predicted octanol–water partition coefficient (Wildman–Crippen LogP) is 4.65. The number of imidazole rings is 1. The number of rotatable bonds is 4. The zero-order valence-electron chi connectivity index (χ0n) is 22.8. The van der Waals surface area contributed by atoms with Crippen molar-refractivity contribution < 1.29 is 4.74 Å². The topological polar surface area (TPSA) is 121 Å². The van der Waals surface area contributed by atoms with E-state index in [1.165, 1.54) is 0 Å². The number of hydrogen-bond donors (Lipinski definition) is 0. The van der Waals surface area contributed by atoms with Crippen molar-refractivity contribution in [2.45, 2.75) is 19.3 Å². The Kier molecular flexibility index (Phi) is 6.66. The SMILES string of the molecule is Cn1c(=NC#N)n(-c2ccc(C(C)(C)C#N)nc2)c2c3cc(-c4ccnc(N5CCOCC5)c4Cl)ccc3ncc21. The maximum absolute atomic E-state index is 9.56. The Balaban J connectivity index is 1.59. The van der Waals surface area contributed by atoms with Crippen LogP contribution in [0.25, 0.3) is 38.8 Å². The first-order valence-corrected chi connectivity index (χ1v) is 13.5. The lowest BCUT2D eigenvalue weighted by molar-refractivity contribution is 0.122. The molecule has 5 aromatic rings. The van der Waals surface area contributed by atoms with E-state index < -0.39 is 5.41 Å². The molecule has 6 rings (SSSR count). The Morgan fingerprint density at radius 1 is 1.02 bits per heavy atom. The molecule has 204 valence electrons.